The molecule has 0 aliphatic rings. The van der Waals surface area contributed by atoms with Crippen LogP contribution in [0.4, 0.5) is 75.0 Å². The predicted octanol–water partition coefficient (Wildman–Crippen LogP) is 14.9. The molecule has 6 aromatic carbocycles. The number of aromatic nitrogens is 8. The van der Waals surface area contributed by atoms with Crippen molar-refractivity contribution in [1.29, 1.82) is 0 Å². The molecule has 0 unspecified atom stereocenters. The number of nitrogens with zero attached hydrogens (tertiary/aromatic N) is 16. The number of hydrogen-bond acceptors (Lipinski definition) is 15. The van der Waals surface area contributed by atoms with E-state index in [0.29, 0.717) is 0 Å². The second kappa shape index (κ2) is 35.2. The van der Waals surface area contributed by atoms with Crippen LogP contribution in [0.1, 0.15) is 58.8 Å². The van der Waals surface area contributed by atoms with Crippen molar-refractivity contribution in [1.82, 2.24) is 18.3 Å². The Morgan fingerprint density at radius 2 is 0.538 bits per heavy atom. The molecule has 0 aliphatic carbocycles. The van der Waals surface area contributed by atoms with Crippen molar-refractivity contribution in [3.8, 4) is 17.2 Å². The van der Waals surface area contributed by atoms with Gasteiger partial charge in [-0.05, 0) is 171 Å². The third kappa shape index (κ3) is 21.2. The summed E-state index contributed by atoms with van der Waals surface area (Å²) in [6.45, 7) is 3.58. The molecular formula is C68H88N20O3+4. The Balaban J connectivity index is 0.000000229. The summed E-state index contributed by atoms with van der Waals surface area (Å²) >= 11 is 0. The van der Waals surface area contributed by atoms with Gasteiger partial charge in [-0.15, -0.1) is 0 Å². The van der Waals surface area contributed by atoms with Gasteiger partial charge in [0.05, 0.1) is 125 Å². The van der Waals surface area contributed by atoms with Gasteiger partial charge in [0.25, 0.3) is 0 Å². The molecule has 0 amide bonds. The standard InChI is InChI=1S/C33H39N10O.C28H36N8O2.C6H8N2.CH4/c1-40-22-24-42(32(40)38-36-29-14-12-28(13-15-29)35-27-10-8-26(34)9-11-27)20-6-4-5-7-21-43-25-23-41(2)33(43)39-37-30-16-18-31(44-3)19-17-30;1-33-19-21-35(27(33)31-29-23-9-13-25(37-3)14-10-23)17-7-5-6-8-18-36-22-20-34(2)28(36)32-30-24-11-15-26(38-4)16-12-24;7-5-1-2-6(8)4-3-5;/h8-19,22-25H,4-7,20-21H2,1-3H3,(H2,34,36);9-16,19-22H,5-8,17-18H2,1-4H3;1-4H,7-8H2;1H4/q+1;+2;;/p+1. The molecule has 23 nitrogen and oxygen atoms in total. The lowest BCUT2D eigenvalue weighted by molar-refractivity contribution is -0.657. The summed E-state index contributed by atoms with van der Waals surface area (Å²) in [5, 5.41) is 39.1. The molecule has 7 N–H and O–H groups in total. The fraction of sp³-hybridized carbons (Fsp3) is 0.294. The number of nitrogens with two attached hydrogens (primary N) is 3. The Morgan fingerprint density at radius 3 is 0.780 bits per heavy atom. The molecule has 0 bridgehead atoms. The lowest BCUT2D eigenvalue weighted by atomic mass is 10.2. The Labute approximate surface area is 533 Å². The zero-order chi connectivity index (χ0) is 63.5. The lowest BCUT2D eigenvalue weighted by Gasteiger charge is -2.06. The molecule has 10 aromatic rings. The first kappa shape index (κ1) is 67.7. The number of nitrogen functional groups attached to an aromatic ring is 3. The number of aryl methyl sites for hydroxylation is 8. The van der Waals surface area contributed by atoms with Crippen molar-refractivity contribution in [2.24, 2.45) is 69.1 Å². The van der Waals surface area contributed by atoms with Crippen LogP contribution in [-0.2, 0) is 54.4 Å². The first-order valence-corrected chi connectivity index (χ1v) is 30.0. The number of nitrogens with one attached hydrogen (secondary N) is 1. The van der Waals surface area contributed by atoms with Crippen molar-refractivity contribution < 1.29 is 32.5 Å². The number of hydrogen-bond donors (Lipinski definition) is 4. The van der Waals surface area contributed by atoms with Crippen LogP contribution in [0.2, 0.25) is 0 Å². The zero-order valence-corrected chi connectivity index (χ0v) is 52.6. The van der Waals surface area contributed by atoms with E-state index in [9.17, 15) is 0 Å². The minimum Gasteiger partial charge on any atom is -0.497 e. The van der Waals surface area contributed by atoms with Gasteiger partial charge in [-0.25, -0.2) is 36.5 Å². The van der Waals surface area contributed by atoms with E-state index in [1.54, 1.807) is 45.6 Å². The number of imidazole rings is 4. The highest BCUT2D eigenvalue weighted by Crippen LogP contribution is 2.26. The van der Waals surface area contributed by atoms with Gasteiger partial charge in [0, 0.05) is 48.9 Å². The lowest BCUT2D eigenvalue weighted by Crippen LogP contribution is -2.25. The van der Waals surface area contributed by atoms with Crippen molar-refractivity contribution in [2.75, 3.05) is 43.8 Å². The molecule has 23 heteroatoms. The first-order chi connectivity index (χ1) is 43.8. The molecule has 0 fully saturated rings. The number of azo groups is 4. The summed E-state index contributed by atoms with van der Waals surface area (Å²) in [5.41, 5.74) is 23.9. The summed E-state index contributed by atoms with van der Waals surface area (Å²) in [6.07, 6.45) is 25.1. The zero-order valence-electron chi connectivity index (χ0n) is 52.6. The molecule has 0 atom stereocenters. The number of ether oxygens (including phenoxy) is 3. The number of benzene rings is 6. The topological polar surface area (TPSA) is 252 Å². The third-order valence-electron chi connectivity index (χ3n) is 14.5. The van der Waals surface area contributed by atoms with Gasteiger partial charge >= 0.3 is 23.8 Å². The molecule has 0 spiro atoms. The van der Waals surface area contributed by atoms with E-state index >= 15 is 0 Å². The molecule has 91 heavy (non-hydrogen) atoms. The molecule has 474 valence electrons. The minimum absolute atomic E-state index is 0. The van der Waals surface area contributed by atoms with Gasteiger partial charge in [-0.1, -0.05) is 53.6 Å². The van der Waals surface area contributed by atoms with Crippen LogP contribution < -0.4 is 55.0 Å². The fourth-order valence-corrected chi connectivity index (χ4v) is 9.31. The van der Waals surface area contributed by atoms with Crippen molar-refractivity contribution >= 4 is 75.0 Å². The first-order valence-electron chi connectivity index (χ1n) is 30.0. The summed E-state index contributed by atoms with van der Waals surface area (Å²) < 4.78 is 32.2. The normalized spacial score (nSPS) is 11.2. The van der Waals surface area contributed by atoms with Crippen molar-refractivity contribution in [3.05, 3.63) is 195 Å². The van der Waals surface area contributed by atoms with Crippen LogP contribution in [0.3, 0.4) is 0 Å². The Morgan fingerprint density at radius 1 is 0.319 bits per heavy atom. The second-order valence-electron chi connectivity index (χ2n) is 21.3. The van der Waals surface area contributed by atoms with Crippen LogP contribution in [0, 0.1) is 0 Å². The Bertz CT molecular complexity index is 3760. The molecule has 10 rings (SSSR count). The monoisotopic (exact) mass is 1230 g/mol. The smallest absolute Gasteiger partial charge is 0.421 e. The fourth-order valence-electron chi connectivity index (χ4n) is 9.31. The summed E-state index contributed by atoms with van der Waals surface area (Å²) in [6, 6.07) is 45.3. The maximum absolute atomic E-state index is 5.77. The summed E-state index contributed by atoms with van der Waals surface area (Å²) in [5.74, 6) is 5.70. The second-order valence-corrected chi connectivity index (χ2v) is 21.3. The number of rotatable bonds is 27. The van der Waals surface area contributed by atoms with E-state index in [1.165, 1.54) is 0 Å². The molecule has 0 saturated carbocycles. The molecule has 4 aromatic heterocycles. The highest BCUT2D eigenvalue weighted by Gasteiger charge is 2.18. The molecule has 4 heterocycles. The molecular weight excluding hydrogens is 1140 g/mol. The van der Waals surface area contributed by atoms with Crippen molar-refractivity contribution in [2.45, 2.75) is 85.0 Å². The minimum atomic E-state index is 0. The molecule has 0 aliphatic heterocycles. The van der Waals surface area contributed by atoms with Gasteiger partial charge in [0.2, 0.25) is 0 Å². The molecule has 0 saturated heterocycles. The SMILES string of the molecule is C.COc1ccc(N=Nc2n(CCCCCCn3cc[n+](C)c3N=Nc3ccc(Nc4ccc(N)cc4)cc3)cc[n+]2C)cc1.COc1ccc(N=Nc2n(CCCCCCn3cc[n+](C)c3N=Nc3ccc(OC)cc3)cc[n+]2C)cc1.Nc1ccc(N)cc1. The van der Waals surface area contributed by atoms with E-state index in [2.05, 4.69) is 89.3 Å². The van der Waals surface area contributed by atoms with E-state index in [4.69, 9.17) is 31.4 Å². The third-order valence-corrected chi connectivity index (χ3v) is 14.5. The average molecular weight is 1230 g/mol. The van der Waals surface area contributed by atoms with E-state index in [1.807, 2.05) is 193 Å². The maximum atomic E-state index is 5.77. The largest absolute Gasteiger partial charge is 0.497 e. The van der Waals surface area contributed by atoms with Crippen LogP contribution in [0.15, 0.2) is 236 Å². The van der Waals surface area contributed by atoms with E-state index in [0.717, 1.165) is 170 Å². The van der Waals surface area contributed by atoms with Crippen LogP contribution >= 0.6 is 0 Å². The number of unbranched alkanes of at least 4 members (excludes halogenated alkanes) is 6. The number of anilines is 5. The van der Waals surface area contributed by atoms with Gasteiger partial charge in [0.1, 0.15) is 40.0 Å². The average Bonchev–Trinajstić information content (AvgIpc) is 4.48. The van der Waals surface area contributed by atoms with Crippen molar-refractivity contribution in [3.63, 3.8) is 0 Å². The van der Waals surface area contributed by atoms with Gasteiger partial charge in [-0.3, -0.25) is 0 Å². The summed E-state index contributed by atoms with van der Waals surface area (Å²) in [7, 11) is 12.9. The molecule has 0 radical (unpaired) electrons. The predicted molar refractivity (Wildman–Crippen MR) is 358 cm³/mol. The van der Waals surface area contributed by atoms with E-state index in [-0.39, 0.29) is 7.43 Å². The quantitative estimate of drug-likeness (QED) is 0.0167. The summed E-state index contributed by atoms with van der Waals surface area (Å²) in [4.78, 5) is 0. The highest BCUT2D eigenvalue weighted by molar-refractivity contribution is 5.63. The van der Waals surface area contributed by atoms with Gasteiger partial charge in [-0.2, -0.15) is 0 Å². The number of methoxy groups -OCH3 is 3. The van der Waals surface area contributed by atoms with Gasteiger partial charge in [0.15, 0.2) is 0 Å². The highest BCUT2D eigenvalue weighted by atomic mass is 16.5. The van der Waals surface area contributed by atoms with E-state index < -0.39 is 0 Å². The van der Waals surface area contributed by atoms with Crippen LogP contribution in [0.25, 0.3) is 0 Å². The van der Waals surface area contributed by atoms with Crippen LogP contribution in [-0.4, -0.2) is 39.6 Å². The maximum Gasteiger partial charge on any atom is 0.421 e. The van der Waals surface area contributed by atoms with Gasteiger partial charge < -0.3 is 36.7 Å². The van der Waals surface area contributed by atoms with Crippen LogP contribution in [0.5, 0.6) is 17.2 Å². The Hall–Kier alpha value is -10.8. The Kier molecular flexibility index (Phi) is 26.2.